The molecule has 0 unspecified atom stereocenters. The quantitative estimate of drug-likeness (QED) is 0.166. The Kier molecular flexibility index (Phi) is 8.08. The van der Waals surface area contributed by atoms with Crippen molar-refractivity contribution in [2.45, 2.75) is 0 Å². The number of para-hydroxylation sites is 2. The maximum Gasteiger partial charge on any atom is 0.160 e. The van der Waals surface area contributed by atoms with Gasteiger partial charge in [0.2, 0.25) is 0 Å². The monoisotopic (exact) mass is 703 g/mol. The Morgan fingerprint density at radius 2 is 0.800 bits per heavy atom. The first-order valence-corrected chi connectivity index (χ1v) is 18.4. The van der Waals surface area contributed by atoms with Crippen LogP contribution in [0, 0.1) is 0 Å². The van der Waals surface area contributed by atoms with Gasteiger partial charge in [0.05, 0.1) is 28.1 Å². The predicted octanol–water partition coefficient (Wildman–Crippen LogP) is 12.4. The number of aromatic nitrogens is 5. The molecule has 0 bridgehead atoms. The lowest BCUT2D eigenvalue weighted by molar-refractivity contribution is 1.15. The van der Waals surface area contributed by atoms with E-state index in [-0.39, 0.29) is 0 Å². The van der Waals surface area contributed by atoms with Crippen LogP contribution in [0.15, 0.2) is 200 Å². The molecule has 55 heavy (non-hydrogen) atoms. The molecule has 0 saturated heterocycles. The lowest BCUT2D eigenvalue weighted by atomic mass is 9.96. The molecule has 0 fully saturated rings. The summed E-state index contributed by atoms with van der Waals surface area (Å²) >= 11 is 0. The fourth-order valence-corrected chi connectivity index (χ4v) is 7.53. The highest BCUT2D eigenvalue weighted by atomic mass is 15.0. The van der Waals surface area contributed by atoms with Gasteiger partial charge in [-0.15, -0.1) is 0 Å². The number of nitrogens with zero attached hydrogens (tertiary/aromatic N) is 5. The first-order valence-electron chi connectivity index (χ1n) is 18.4. The number of benzene rings is 7. The maximum absolute atomic E-state index is 5.35. The van der Waals surface area contributed by atoms with Gasteiger partial charge in [0.25, 0.3) is 0 Å². The Morgan fingerprint density at radius 3 is 1.44 bits per heavy atom. The van der Waals surface area contributed by atoms with Crippen LogP contribution in [0.4, 0.5) is 0 Å². The van der Waals surface area contributed by atoms with Crippen LogP contribution in [0.25, 0.3) is 95.0 Å². The molecule has 0 spiro atoms. The molecule has 3 heterocycles. The van der Waals surface area contributed by atoms with E-state index in [9.17, 15) is 0 Å². The van der Waals surface area contributed by atoms with Crippen molar-refractivity contribution >= 4 is 21.9 Å². The van der Waals surface area contributed by atoms with Crippen LogP contribution >= 0.6 is 0 Å². The summed E-state index contributed by atoms with van der Waals surface area (Å²) in [4.78, 5) is 20.2. The molecule has 0 N–H and O–H groups in total. The molecule has 0 aliphatic carbocycles. The van der Waals surface area contributed by atoms with Crippen LogP contribution in [-0.4, -0.2) is 24.5 Å². The van der Waals surface area contributed by atoms with Crippen molar-refractivity contribution in [2.24, 2.45) is 0 Å². The second kappa shape index (κ2) is 13.8. The second-order valence-corrected chi connectivity index (χ2v) is 13.5. The van der Waals surface area contributed by atoms with Crippen molar-refractivity contribution in [1.29, 1.82) is 0 Å². The smallest absolute Gasteiger partial charge is 0.160 e. The molecule has 0 amide bonds. The van der Waals surface area contributed by atoms with E-state index in [0.717, 1.165) is 89.2 Å². The van der Waals surface area contributed by atoms with Crippen molar-refractivity contribution in [2.75, 3.05) is 0 Å². The topological polar surface area (TPSA) is 56.5 Å². The number of hydrogen-bond acceptors (Lipinski definition) is 4. The third-order valence-corrected chi connectivity index (χ3v) is 10.1. The zero-order chi connectivity index (χ0) is 36.6. The summed E-state index contributed by atoms with van der Waals surface area (Å²) in [6.07, 6.45) is 3.51. The zero-order valence-corrected chi connectivity index (χ0v) is 29.8. The Balaban J connectivity index is 1.07. The third kappa shape index (κ3) is 5.94. The minimum atomic E-state index is 0.686. The van der Waals surface area contributed by atoms with Crippen molar-refractivity contribution in [3.63, 3.8) is 0 Å². The normalized spacial score (nSPS) is 11.3. The molecule has 10 rings (SSSR count). The Morgan fingerprint density at radius 1 is 0.345 bits per heavy atom. The van der Waals surface area contributed by atoms with Gasteiger partial charge in [-0.3, -0.25) is 9.97 Å². The fraction of sp³-hybridized carbons (Fsp3) is 0. The van der Waals surface area contributed by atoms with Crippen molar-refractivity contribution in [1.82, 2.24) is 24.5 Å². The van der Waals surface area contributed by atoms with E-state index in [1.54, 1.807) is 12.4 Å². The van der Waals surface area contributed by atoms with E-state index in [1.165, 1.54) is 0 Å². The van der Waals surface area contributed by atoms with E-state index >= 15 is 0 Å². The highest BCUT2D eigenvalue weighted by molar-refractivity contribution is 6.11. The van der Waals surface area contributed by atoms with E-state index in [2.05, 4.69) is 162 Å². The van der Waals surface area contributed by atoms with Crippen LogP contribution in [0.1, 0.15) is 0 Å². The molecule has 5 heteroatoms. The molecular formula is C50H33N5. The zero-order valence-electron chi connectivity index (χ0n) is 29.8. The summed E-state index contributed by atoms with van der Waals surface area (Å²) in [7, 11) is 0. The first-order chi connectivity index (χ1) is 27.3. The second-order valence-electron chi connectivity index (χ2n) is 13.5. The van der Waals surface area contributed by atoms with E-state index in [4.69, 9.17) is 19.9 Å². The molecule has 0 atom stereocenters. The van der Waals surface area contributed by atoms with Gasteiger partial charge in [0, 0.05) is 45.7 Å². The third-order valence-electron chi connectivity index (χ3n) is 10.1. The van der Waals surface area contributed by atoms with Crippen molar-refractivity contribution < 1.29 is 0 Å². The molecule has 3 aromatic heterocycles. The lowest BCUT2D eigenvalue weighted by Gasteiger charge is -2.13. The summed E-state index contributed by atoms with van der Waals surface area (Å²) in [6.45, 7) is 0. The average molecular weight is 704 g/mol. The number of rotatable bonds is 7. The Bertz CT molecular complexity index is 2970. The Hall–Kier alpha value is -7.50. The minimum absolute atomic E-state index is 0.686. The standard InChI is InChI=1S/C50H33N5/c1-4-15-34(16-5-1)45-46(52-30-29-51-45)40-23-13-21-38(32-40)36-19-12-20-37(31-36)39-22-14-24-41(33-39)50-53-47(35-17-6-2-7-18-35)49-48(54-50)43-27-10-11-28-44(43)55(49)42-25-8-3-9-26-42/h1-33H. The summed E-state index contributed by atoms with van der Waals surface area (Å²) in [5.74, 6) is 0.686. The number of fused-ring (bicyclic) bond motifs is 3. The molecule has 7 aromatic carbocycles. The van der Waals surface area contributed by atoms with Gasteiger partial charge in [0.1, 0.15) is 5.52 Å². The summed E-state index contributed by atoms with van der Waals surface area (Å²) in [5.41, 5.74) is 15.2. The van der Waals surface area contributed by atoms with Crippen LogP contribution < -0.4 is 0 Å². The molecule has 10 aromatic rings. The molecule has 0 radical (unpaired) electrons. The molecular weight excluding hydrogens is 671 g/mol. The summed E-state index contributed by atoms with van der Waals surface area (Å²) in [5, 5.41) is 1.09. The van der Waals surface area contributed by atoms with E-state index in [0.29, 0.717) is 5.82 Å². The van der Waals surface area contributed by atoms with Crippen LogP contribution in [0.5, 0.6) is 0 Å². The van der Waals surface area contributed by atoms with Gasteiger partial charge >= 0.3 is 0 Å². The van der Waals surface area contributed by atoms with Crippen molar-refractivity contribution in [3.05, 3.63) is 200 Å². The van der Waals surface area contributed by atoms with E-state index < -0.39 is 0 Å². The van der Waals surface area contributed by atoms with Crippen molar-refractivity contribution in [3.8, 4) is 73.1 Å². The van der Waals surface area contributed by atoms with Gasteiger partial charge in [0.15, 0.2) is 5.82 Å². The van der Waals surface area contributed by atoms with Gasteiger partial charge in [-0.25, -0.2) is 9.97 Å². The van der Waals surface area contributed by atoms with Crippen LogP contribution in [0.2, 0.25) is 0 Å². The highest BCUT2D eigenvalue weighted by Crippen LogP contribution is 2.39. The molecule has 0 aliphatic rings. The largest absolute Gasteiger partial charge is 0.306 e. The fourth-order valence-electron chi connectivity index (χ4n) is 7.53. The molecule has 0 aliphatic heterocycles. The van der Waals surface area contributed by atoms with Gasteiger partial charge in [-0.2, -0.15) is 0 Å². The summed E-state index contributed by atoms with van der Waals surface area (Å²) in [6, 6.07) is 65.4. The van der Waals surface area contributed by atoms with Gasteiger partial charge < -0.3 is 4.57 Å². The van der Waals surface area contributed by atoms with E-state index in [1.807, 2.05) is 30.3 Å². The average Bonchev–Trinajstić information content (AvgIpc) is 3.61. The van der Waals surface area contributed by atoms with Crippen LogP contribution in [-0.2, 0) is 0 Å². The lowest BCUT2D eigenvalue weighted by Crippen LogP contribution is -1.99. The highest BCUT2D eigenvalue weighted by Gasteiger charge is 2.21. The molecule has 258 valence electrons. The van der Waals surface area contributed by atoms with Gasteiger partial charge in [-0.05, 0) is 58.7 Å². The first kappa shape index (κ1) is 32.2. The SMILES string of the molecule is c1ccc(-c2nccnc2-c2cccc(-c3cccc(-c4cccc(-c5nc(-c6ccccc6)c6c(n5)c5ccccc5n6-c5ccccc5)c4)c3)c2)cc1. The predicted molar refractivity (Wildman–Crippen MR) is 225 cm³/mol. The molecule has 0 saturated carbocycles. The number of hydrogen-bond donors (Lipinski definition) is 0. The minimum Gasteiger partial charge on any atom is -0.306 e. The Labute approximate surface area is 318 Å². The summed E-state index contributed by atoms with van der Waals surface area (Å²) < 4.78 is 2.29. The van der Waals surface area contributed by atoms with Crippen LogP contribution in [0.3, 0.4) is 0 Å². The molecule has 5 nitrogen and oxygen atoms in total. The maximum atomic E-state index is 5.35. The van der Waals surface area contributed by atoms with Gasteiger partial charge in [-0.1, -0.05) is 152 Å².